The van der Waals surface area contributed by atoms with E-state index < -0.39 is 0 Å². The number of unbranched alkanes of at least 4 members (excludes halogenated alkanes) is 3. The van der Waals surface area contributed by atoms with E-state index in [0.29, 0.717) is 12.5 Å². The van der Waals surface area contributed by atoms with Gasteiger partial charge in [-0.05, 0) is 36.3 Å². The van der Waals surface area contributed by atoms with Gasteiger partial charge in [-0.15, -0.1) is 0 Å². The minimum absolute atomic E-state index is 0.336. The van der Waals surface area contributed by atoms with Crippen molar-refractivity contribution in [3.63, 3.8) is 0 Å². The van der Waals surface area contributed by atoms with Gasteiger partial charge in [0.15, 0.2) is 0 Å². The molecule has 0 amide bonds. The third kappa shape index (κ3) is 4.80. The molecule has 0 atom stereocenters. The summed E-state index contributed by atoms with van der Waals surface area (Å²) in [6, 6.07) is 8.92. The van der Waals surface area contributed by atoms with Crippen molar-refractivity contribution in [2.75, 3.05) is 6.61 Å². The maximum Gasteiger partial charge on any atom is 0.0431 e. The van der Waals surface area contributed by atoms with Crippen molar-refractivity contribution in [3.05, 3.63) is 35.4 Å². The van der Waals surface area contributed by atoms with Crippen LogP contribution in [-0.2, 0) is 6.42 Å². The van der Waals surface area contributed by atoms with Gasteiger partial charge in [-0.25, -0.2) is 0 Å². The highest BCUT2D eigenvalue weighted by atomic mass is 16.2. The van der Waals surface area contributed by atoms with Gasteiger partial charge in [0, 0.05) is 6.61 Å². The molecule has 1 rings (SSSR count). The van der Waals surface area contributed by atoms with Crippen LogP contribution in [0.5, 0.6) is 0 Å². The molecule has 0 aliphatic rings. The average molecular weight is 220 g/mol. The summed E-state index contributed by atoms with van der Waals surface area (Å²) in [5, 5.41) is 8.68. The van der Waals surface area contributed by atoms with E-state index in [1.54, 1.807) is 0 Å². The van der Waals surface area contributed by atoms with Gasteiger partial charge in [-0.1, -0.05) is 51.0 Å². The second-order valence-electron chi connectivity index (χ2n) is 4.79. The van der Waals surface area contributed by atoms with Crippen molar-refractivity contribution in [2.24, 2.45) is 0 Å². The predicted molar refractivity (Wildman–Crippen MR) is 69.8 cm³/mol. The average Bonchev–Trinajstić information content (AvgIpc) is 2.29. The Morgan fingerprint density at radius 3 is 2.50 bits per heavy atom. The van der Waals surface area contributed by atoms with E-state index >= 15 is 0 Å². The number of rotatable bonds is 7. The predicted octanol–water partition coefficient (Wildman–Crippen LogP) is 3.91. The van der Waals surface area contributed by atoms with E-state index in [2.05, 4.69) is 38.1 Å². The van der Waals surface area contributed by atoms with Gasteiger partial charge in [-0.2, -0.15) is 0 Å². The lowest BCUT2D eigenvalue weighted by Crippen LogP contribution is -1.91. The van der Waals surface area contributed by atoms with Crippen LogP contribution in [-0.4, -0.2) is 11.7 Å². The van der Waals surface area contributed by atoms with Gasteiger partial charge in [0.05, 0.1) is 0 Å². The molecule has 1 aromatic rings. The fourth-order valence-electron chi connectivity index (χ4n) is 1.90. The van der Waals surface area contributed by atoms with Crippen LogP contribution < -0.4 is 0 Å². The third-order valence-electron chi connectivity index (χ3n) is 2.99. The Bertz CT molecular complexity index is 291. The highest BCUT2D eigenvalue weighted by molar-refractivity contribution is 5.25. The van der Waals surface area contributed by atoms with Gasteiger partial charge in [0.1, 0.15) is 0 Å². The highest BCUT2D eigenvalue weighted by Crippen LogP contribution is 2.17. The molecule has 1 heteroatoms. The van der Waals surface area contributed by atoms with Crippen molar-refractivity contribution >= 4 is 0 Å². The summed E-state index contributed by atoms with van der Waals surface area (Å²) in [5.74, 6) is 0.620. The molecule has 0 radical (unpaired) electrons. The SMILES string of the molecule is CC(C)c1cccc(CCCCCCO)c1. The van der Waals surface area contributed by atoms with Crippen LogP contribution in [0.1, 0.15) is 56.6 Å². The third-order valence-corrected chi connectivity index (χ3v) is 2.99. The lowest BCUT2D eigenvalue weighted by Gasteiger charge is -2.08. The Morgan fingerprint density at radius 2 is 1.81 bits per heavy atom. The van der Waals surface area contributed by atoms with Crippen LogP contribution >= 0.6 is 0 Å². The number of hydrogen-bond donors (Lipinski definition) is 1. The van der Waals surface area contributed by atoms with Gasteiger partial charge in [0.25, 0.3) is 0 Å². The molecular formula is C15H24O. The standard InChI is InChI=1S/C15H24O/c1-13(2)15-10-7-9-14(12-15)8-5-3-4-6-11-16/h7,9-10,12-13,16H,3-6,8,11H2,1-2H3. The quantitative estimate of drug-likeness (QED) is 0.691. The molecule has 0 saturated carbocycles. The minimum Gasteiger partial charge on any atom is -0.396 e. The highest BCUT2D eigenvalue weighted by Gasteiger charge is 2.00. The van der Waals surface area contributed by atoms with Crippen molar-refractivity contribution in [3.8, 4) is 0 Å². The molecule has 0 fully saturated rings. The van der Waals surface area contributed by atoms with Crippen molar-refractivity contribution < 1.29 is 5.11 Å². The van der Waals surface area contributed by atoms with Gasteiger partial charge >= 0.3 is 0 Å². The molecule has 90 valence electrons. The van der Waals surface area contributed by atoms with Crippen LogP contribution in [0.3, 0.4) is 0 Å². The number of benzene rings is 1. The van der Waals surface area contributed by atoms with E-state index in [-0.39, 0.29) is 0 Å². The Morgan fingerprint density at radius 1 is 1.06 bits per heavy atom. The Labute approximate surface area is 99.5 Å². The maximum atomic E-state index is 8.68. The molecule has 0 aliphatic carbocycles. The molecule has 0 unspecified atom stereocenters. The summed E-state index contributed by atoms with van der Waals surface area (Å²) in [4.78, 5) is 0. The molecule has 1 nitrogen and oxygen atoms in total. The van der Waals surface area contributed by atoms with Crippen molar-refractivity contribution in [2.45, 2.75) is 51.9 Å². The van der Waals surface area contributed by atoms with Crippen molar-refractivity contribution in [1.82, 2.24) is 0 Å². The molecular weight excluding hydrogens is 196 g/mol. The molecule has 1 N–H and O–H groups in total. The summed E-state index contributed by atoms with van der Waals surface area (Å²) in [5.41, 5.74) is 2.89. The van der Waals surface area contributed by atoms with E-state index in [0.717, 1.165) is 12.8 Å². The zero-order valence-corrected chi connectivity index (χ0v) is 10.6. The zero-order valence-electron chi connectivity index (χ0n) is 10.6. The zero-order chi connectivity index (χ0) is 11.8. The topological polar surface area (TPSA) is 20.2 Å². The lowest BCUT2D eigenvalue weighted by atomic mass is 9.98. The Hall–Kier alpha value is -0.820. The molecule has 0 bridgehead atoms. The molecule has 0 heterocycles. The summed E-state index contributed by atoms with van der Waals surface area (Å²) in [6.45, 7) is 4.81. The second-order valence-corrected chi connectivity index (χ2v) is 4.79. The Balaban J connectivity index is 2.33. The first kappa shape index (κ1) is 13.2. The molecule has 0 saturated heterocycles. The molecule has 16 heavy (non-hydrogen) atoms. The van der Waals surface area contributed by atoms with E-state index in [1.807, 2.05) is 0 Å². The van der Waals surface area contributed by atoms with Gasteiger partial charge in [-0.3, -0.25) is 0 Å². The smallest absolute Gasteiger partial charge is 0.0431 e. The van der Waals surface area contributed by atoms with Crippen LogP contribution in [0, 0.1) is 0 Å². The normalized spacial score (nSPS) is 11.0. The first-order valence-corrected chi connectivity index (χ1v) is 6.43. The first-order chi connectivity index (χ1) is 7.74. The lowest BCUT2D eigenvalue weighted by molar-refractivity contribution is 0.282. The number of hydrogen-bond acceptors (Lipinski definition) is 1. The maximum absolute atomic E-state index is 8.68. The van der Waals surface area contributed by atoms with Crippen LogP contribution in [0.15, 0.2) is 24.3 Å². The van der Waals surface area contributed by atoms with Crippen LogP contribution in [0.4, 0.5) is 0 Å². The summed E-state index contributed by atoms with van der Waals surface area (Å²) >= 11 is 0. The number of aryl methyl sites for hydroxylation is 1. The number of aliphatic hydroxyl groups is 1. The fraction of sp³-hybridized carbons (Fsp3) is 0.600. The molecule has 0 aliphatic heterocycles. The van der Waals surface area contributed by atoms with Crippen LogP contribution in [0.2, 0.25) is 0 Å². The van der Waals surface area contributed by atoms with Gasteiger partial charge in [0.2, 0.25) is 0 Å². The summed E-state index contributed by atoms with van der Waals surface area (Å²) < 4.78 is 0. The largest absolute Gasteiger partial charge is 0.396 e. The molecule has 1 aromatic carbocycles. The van der Waals surface area contributed by atoms with Crippen molar-refractivity contribution in [1.29, 1.82) is 0 Å². The van der Waals surface area contributed by atoms with Crippen LogP contribution in [0.25, 0.3) is 0 Å². The second kappa shape index (κ2) is 7.45. The molecule has 0 aromatic heterocycles. The molecule has 0 spiro atoms. The van der Waals surface area contributed by atoms with E-state index in [1.165, 1.54) is 30.4 Å². The summed E-state index contributed by atoms with van der Waals surface area (Å²) in [6.07, 6.45) is 5.74. The summed E-state index contributed by atoms with van der Waals surface area (Å²) in [7, 11) is 0. The van der Waals surface area contributed by atoms with Gasteiger partial charge < -0.3 is 5.11 Å². The Kier molecular flexibility index (Phi) is 6.17. The first-order valence-electron chi connectivity index (χ1n) is 6.43. The van der Waals surface area contributed by atoms with E-state index in [9.17, 15) is 0 Å². The van der Waals surface area contributed by atoms with E-state index in [4.69, 9.17) is 5.11 Å². The minimum atomic E-state index is 0.336. The monoisotopic (exact) mass is 220 g/mol. The number of aliphatic hydroxyl groups excluding tert-OH is 1. The fourth-order valence-corrected chi connectivity index (χ4v) is 1.90.